The highest BCUT2D eigenvalue weighted by Gasteiger charge is 2.37. The molecule has 3 aromatic carbocycles. The highest BCUT2D eigenvalue weighted by atomic mass is 32.2. The summed E-state index contributed by atoms with van der Waals surface area (Å²) in [7, 11) is -3.79. The van der Waals surface area contributed by atoms with Crippen LogP contribution in [0.3, 0.4) is 0 Å². The average molecular weight is 581 g/mol. The van der Waals surface area contributed by atoms with Gasteiger partial charge in [0.2, 0.25) is 0 Å². The van der Waals surface area contributed by atoms with E-state index in [1.807, 2.05) is 18.2 Å². The van der Waals surface area contributed by atoms with Crippen molar-refractivity contribution in [1.29, 1.82) is 0 Å². The summed E-state index contributed by atoms with van der Waals surface area (Å²) in [4.78, 5) is 17.6. The minimum absolute atomic E-state index is 0.127. The monoisotopic (exact) mass is 580 g/mol. The molecule has 0 bridgehead atoms. The van der Waals surface area contributed by atoms with E-state index in [9.17, 15) is 18.3 Å². The molecule has 0 radical (unpaired) electrons. The Hall–Kier alpha value is -4.89. The number of sulfonamides is 1. The number of hydrogen-bond donors (Lipinski definition) is 2. The first kappa shape index (κ1) is 27.3. The van der Waals surface area contributed by atoms with Gasteiger partial charge >= 0.3 is 5.63 Å². The molecule has 212 valence electrons. The third-order valence-corrected chi connectivity index (χ3v) is 8.59. The number of pyridine rings is 1. The fourth-order valence-corrected chi connectivity index (χ4v) is 6.07. The molecule has 2 N–H and O–H groups in total. The second kappa shape index (κ2) is 11.5. The normalized spacial score (nSPS) is 13.8. The summed E-state index contributed by atoms with van der Waals surface area (Å²) >= 11 is 0. The zero-order chi connectivity index (χ0) is 29.1. The van der Waals surface area contributed by atoms with Crippen molar-refractivity contribution in [1.82, 2.24) is 4.98 Å². The maximum absolute atomic E-state index is 13.3. The predicted molar refractivity (Wildman–Crippen MR) is 159 cm³/mol. The lowest BCUT2D eigenvalue weighted by Crippen LogP contribution is -2.17. The molecule has 0 aliphatic heterocycles. The first-order valence-electron chi connectivity index (χ1n) is 13.5. The topological polar surface area (TPSA) is 119 Å². The lowest BCUT2D eigenvalue weighted by atomic mass is 9.87. The minimum Gasteiger partial charge on any atom is -0.507 e. The number of hydrogen-bond acceptors (Lipinski definition) is 7. The van der Waals surface area contributed by atoms with Gasteiger partial charge in [0, 0.05) is 41.2 Å². The lowest BCUT2D eigenvalue weighted by molar-refractivity contribution is 0.306. The molecule has 1 aliphatic rings. The van der Waals surface area contributed by atoms with Gasteiger partial charge in [0.25, 0.3) is 10.0 Å². The maximum Gasteiger partial charge on any atom is 0.343 e. The van der Waals surface area contributed by atoms with E-state index in [1.54, 1.807) is 73.1 Å². The number of ether oxygens (including phenoxy) is 1. The van der Waals surface area contributed by atoms with E-state index in [1.165, 1.54) is 18.2 Å². The Morgan fingerprint density at radius 2 is 1.74 bits per heavy atom. The van der Waals surface area contributed by atoms with Crippen molar-refractivity contribution in [2.24, 2.45) is 5.92 Å². The van der Waals surface area contributed by atoms with Crippen LogP contribution in [-0.4, -0.2) is 18.5 Å². The molecule has 5 aromatic rings. The Kier molecular flexibility index (Phi) is 7.50. The van der Waals surface area contributed by atoms with Crippen LogP contribution >= 0.6 is 0 Å². The van der Waals surface area contributed by atoms with E-state index in [0.29, 0.717) is 23.6 Å². The SMILES string of the molecule is O=c1oc(-c2ccc(OCc3cccnc3)cc2)cc(O)c1C(c1cccc(NS(=O)(=O)c2ccccc2)c1)C1CC1. The smallest absolute Gasteiger partial charge is 0.343 e. The maximum atomic E-state index is 13.3. The number of anilines is 1. The van der Waals surface area contributed by atoms with Crippen molar-refractivity contribution in [2.45, 2.75) is 30.3 Å². The molecule has 2 aromatic heterocycles. The molecule has 1 fully saturated rings. The standard InChI is InChI=1S/C33H28N2O6S/c36-29-19-30(23-13-15-27(16-14-23)40-21-22-6-5-17-34-20-22)41-33(37)32(29)31(24-11-12-24)25-7-4-8-26(18-25)35-42(38,39)28-9-2-1-3-10-28/h1-10,13-20,24,31,35-36H,11-12,21H2. The van der Waals surface area contributed by atoms with Gasteiger partial charge in [0.15, 0.2) is 0 Å². The molecular weight excluding hydrogens is 552 g/mol. The molecule has 2 heterocycles. The largest absolute Gasteiger partial charge is 0.507 e. The second-order valence-electron chi connectivity index (χ2n) is 10.2. The van der Waals surface area contributed by atoms with E-state index < -0.39 is 21.6 Å². The van der Waals surface area contributed by atoms with Crippen LogP contribution in [0.5, 0.6) is 11.5 Å². The van der Waals surface area contributed by atoms with E-state index >= 15 is 0 Å². The highest BCUT2D eigenvalue weighted by molar-refractivity contribution is 7.92. The van der Waals surface area contributed by atoms with Crippen LogP contribution in [-0.2, 0) is 16.6 Å². The summed E-state index contributed by atoms with van der Waals surface area (Å²) in [6.07, 6.45) is 5.20. The van der Waals surface area contributed by atoms with Gasteiger partial charge in [-0.1, -0.05) is 36.4 Å². The first-order valence-corrected chi connectivity index (χ1v) is 15.0. The molecule has 0 saturated heterocycles. The zero-order valence-corrected chi connectivity index (χ0v) is 23.3. The zero-order valence-electron chi connectivity index (χ0n) is 22.5. The van der Waals surface area contributed by atoms with E-state index in [0.717, 1.165) is 24.0 Å². The van der Waals surface area contributed by atoms with Crippen molar-refractivity contribution in [3.63, 3.8) is 0 Å². The molecule has 0 spiro atoms. The molecule has 6 rings (SSSR count). The van der Waals surface area contributed by atoms with Crippen LogP contribution in [0.25, 0.3) is 11.3 Å². The number of benzene rings is 3. The molecular formula is C33H28N2O6S. The predicted octanol–water partition coefficient (Wildman–Crippen LogP) is 6.33. The van der Waals surface area contributed by atoms with Crippen LogP contribution in [0.1, 0.15) is 35.4 Å². The molecule has 1 atom stereocenters. The number of rotatable bonds is 10. The fraction of sp³-hybridized carbons (Fsp3) is 0.152. The van der Waals surface area contributed by atoms with Gasteiger partial charge in [-0.05, 0) is 78.9 Å². The first-order chi connectivity index (χ1) is 20.4. The van der Waals surface area contributed by atoms with Gasteiger partial charge in [-0.15, -0.1) is 0 Å². The van der Waals surface area contributed by atoms with Gasteiger partial charge in [-0.2, -0.15) is 0 Å². The molecule has 1 aliphatic carbocycles. The summed E-state index contributed by atoms with van der Waals surface area (Å²) in [5.74, 6) is 0.397. The van der Waals surface area contributed by atoms with Crippen LogP contribution in [0.15, 0.2) is 124 Å². The van der Waals surface area contributed by atoms with Gasteiger partial charge in [-0.25, -0.2) is 13.2 Å². The van der Waals surface area contributed by atoms with E-state index in [4.69, 9.17) is 9.15 Å². The van der Waals surface area contributed by atoms with Crippen LogP contribution in [0.2, 0.25) is 0 Å². The molecule has 1 saturated carbocycles. The number of nitrogens with zero attached hydrogens (tertiary/aromatic N) is 1. The molecule has 0 amide bonds. The number of nitrogens with one attached hydrogen (secondary N) is 1. The van der Waals surface area contributed by atoms with E-state index in [2.05, 4.69) is 9.71 Å². The van der Waals surface area contributed by atoms with Crippen LogP contribution in [0.4, 0.5) is 5.69 Å². The Bertz CT molecular complexity index is 1850. The van der Waals surface area contributed by atoms with Gasteiger partial charge in [0.05, 0.1) is 10.5 Å². The summed E-state index contributed by atoms with van der Waals surface area (Å²) in [5.41, 5.74) is 2.18. The summed E-state index contributed by atoms with van der Waals surface area (Å²) < 4.78 is 39.9. The van der Waals surface area contributed by atoms with Crippen molar-refractivity contribution in [3.05, 3.63) is 137 Å². The fourth-order valence-electron chi connectivity index (χ4n) is 5.00. The highest BCUT2D eigenvalue weighted by Crippen LogP contribution is 2.48. The third kappa shape index (κ3) is 6.06. The van der Waals surface area contributed by atoms with Gasteiger partial charge in [-0.3, -0.25) is 9.71 Å². The summed E-state index contributed by atoms with van der Waals surface area (Å²) in [6.45, 7) is 0.370. The quantitative estimate of drug-likeness (QED) is 0.198. The van der Waals surface area contributed by atoms with Crippen molar-refractivity contribution < 1.29 is 22.7 Å². The Morgan fingerprint density at radius 1 is 0.952 bits per heavy atom. The van der Waals surface area contributed by atoms with E-state index in [-0.39, 0.29) is 27.9 Å². The van der Waals surface area contributed by atoms with Crippen molar-refractivity contribution in [2.75, 3.05) is 4.72 Å². The minimum atomic E-state index is -3.79. The van der Waals surface area contributed by atoms with Gasteiger partial charge in [0.1, 0.15) is 23.9 Å². The Balaban J connectivity index is 1.24. The lowest BCUT2D eigenvalue weighted by Gasteiger charge is -2.19. The van der Waals surface area contributed by atoms with Crippen molar-refractivity contribution >= 4 is 15.7 Å². The number of aromatic nitrogens is 1. The molecule has 8 nitrogen and oxygen atoms in total. The van der Waals surface area contributed by atoms with Crippen LogP contribution < -0.4 is 15.1 Å². The molecule has 9 heteroatoms. The summed E-state index contributed by atoms with van der Waals surface area (Å²) in [6, 6.07) is 27.3. The third-order valence-electron chi connectivity index (χ3n) is 7.19. The average Bonchev–Trinajstić information content (AvgIpc) is 3.84. The summed E-state index contributed by atoms with van der Waals surface area (Å²) in [5, 5.41) is 11.1. The second-order valence-corrected chi connectivity index (χ2v) is 11.9. The van der Waals surface area contributed by atoms with Crippen LogP contribution in [0, 0.1) is 5.92 Å². The Labute approximate surface area is 243 Å². The molecule has 1 unspecified atom stereocenters. The number of aromatic hydroxyl groups is 1. The molecule has 42 heavy (non-hydrogen) atoms. The Morgan fingerprint density at radius 3 is 2.43 bits per heavy atom. The van der Waals surface area contributed by atoms with Crippen molar-refractivity contribution in [3.8, 4) is 22.8 Å². The van der Waals surface area contributed by atoms with Gasteiger partial charge < -0.3 is 14.3 Å².